The Morgan fingerprint density at radius 3 is 2.78 bits per heavy atom. The number of imidazole rings is 1. The van der Waals surface area contributed by atoms with Crippen LogP contribution < -0.4 is 5.32 Å². The Morgan fingerprint density at radius 1 is 1.12 bits per heavy atom. The quantitative estimate of drug-likeness (QED) is 0.368. The van der Waals surface area contributed by atoms with Gasteiger partial charge in [-0.1, -0.05) is 26.8 Å². The molecule has 2 aliphatic rings. The molecular weight excluding hydrogens is 394 g/mol. The second kappa shape index (κ2) is 6.92. The zero-order chi connectivity index (χ0) is 22.1. The van der Waals surface area contributed by atoms with Crippen LogP contribution in [0.15, 0.2) is 36.5 Å². The van der Waals surface area contributed by atoms with E-state index in [9.17, 15) is 0 Å². The summed E-state index contributed by atoms with van der Waals surface area (Å²) in [5, 5.41) is 5.02. The minimum Gasteiger partial charge on any atom is -0.354 e. The third-order valence-electron chi connectivity index (χ3n) is 8.99. The molecule has 3 heterocycles. The number of aromatic nitrogens is 4. The number of pyridine rings is 1. The predicted molar refractivity (Wildman–Crippen MR) is 130 cm³/mol. The van der Waals surface area contributed by atoms with E-state index in [2.05, 4.69) is 70.3 Å². The lowest BCUT2D eigenvalue weighted by Crippen LogP contribution is -2.28. The van der Waals surface area contributed by atoms with E-state index in [0.29, 0.717) is 10.8 Å². The molecule has 3 aromatic heterocycles. The Labute approximate surface area is 189 Å². The Hall–Kier alpha value is -2.66. The van der Waals surface area contributed by atoms with Gasteiger partial charge in [-0.2, -0.15) is 0 Å². The molecule has 0 spiro atoms. The van der Waals surface area contributed by atoms with E-state index in [1.54, 1.807) is 0 Å². The normalized spacial score (nSPS) is 26.5. The van der Waals surface area contributed by atoms with Gasteiger partial charge in [-0.25, -0.2) is 9.97 Å². The van der Waals surface area contributed by atoms with Crippen LogP contribution in [-0.4, -0.2) is 26.5 Å². The van der Waals surface area contributed by atoms with Crippen molar-refractivity contribution in [3.63, 3.8) is 0 Å². The van der Waals surface area contributed by atoms with Crippen LogP contribution in [0.2, 0.25) is 0 Å². The van der Waals surface area contributed by atoms with Gasteiger partial charge >= 0.3 is 0 Å². The molecule has 2 aliphatic carbocycles. The van der Waals surface area contributed by atoms with Crippen LogP contribution in [-0.2, 0) is 6.54 Å². The van der Waals surface area contributed by atoms with Crippen molar-refractivity contribution in [1.29, 1.82) is 0 Å². The van der Waals surface area contributed by atoms with Gasteiger partial charge in [-0.05, 0) is 85.2 Å². The maximum atomic E-state index is 4.64. The Morgan fingerprint density at radius 2 is 2.00 bits per heavy atom. The summed E-state index contributed by atoms with van der Waals surface area (Å²) in [4.78, 5) is 15.8. The maximum absolute atomic E-state index is 4.64. The number of benzene rings is 1. The van der Waals surface area contributed by atoms with Gasteiger partial charge in [0.2, 0.25) is 0 Å². The molecule has 3 atom stereocenters. The molecule has 4 aromatic rings. The average molecular weight is 428 g/mol. The molecule has 5 nitrogen and oxygen atoms in total. The zero-order valence-electron chi connectivity index (χ0n) is 19.5. The minimum atomic E-state index is 0.491. The van der Waals surface area contributed by atoms with Gasteiger partial charge in [0.15, 0.2) is 5.65 Å². The van der Waals surface area contributed by atoms with Gasteiger partial charge in [0.05, 0.1) is 0 Å². The largest absolute Gasteiger partial charge is 0.354 e. The first kappa shape index (κ1) is 20.0. The number of nitrogens with zero attached hydrogens (tertiary/aromatic N) is 2. The molecular formula is C27H33N5. The van der Waals surface area contributed by atoms with Crippen molar-refractivity contribution in [3.8, 4) is 11.3 Å². The second-order valence-electron chi connectivity index (χ2n) is 11.0. The van der Waals surface area contributed by atoms with Crippen LogP contribution in [0.1, 0.15) is 51.4 Å². The van der Waals surface area contributed by atoms with Crippen LogP contribution >= 0.6 is 0 Å². The Kier molecular flexibility index (Phi) is 4.32. The highest BCUT2D eigenvalue weighted by molar-refractivity contribution is 5.94. The molecule has 2 fully saturated rings. The number of aryl methyl sites for hydroxylation is 1. The van der Waals surface area contributed by atoms with Crippen molar-refractivity contribution in [2.24, 2.45) is 22.7 Å². The summed E-state index contributed by atoms with van der Waals surface area (Å²) in [6.45, 7) is 11.5. The summed E-state index contributed by atoms with van der Waals surface area (Å²) >= 11 is 0. The van der Waals surface area contributed by atoms with Crippen LogP contribution in [0.3, 0.4) is 0 Å². The van der Waals surface area contributed by atoms with E-state index in [1.807, 2.05) is 19.2 Å². The van der Waals surface area contributed by atoms with Gasteiger partial charge in [-0.15, -0.1) is 0 Å². The first-order valence-corrected chi connectivity index (χ1v) is 12.0. The van der Waals surface area contributed by atoms with Crippen molar-refractivity contribution in [2.45, 2.75) is 53.5 Å². The molecule has 166 valence electrons. The first-order chi connectivity index (χ1) is 15.3. The molecule has 5 heteroatoms. The number of hydrogen-bond donors (Lipinski definition) is 3. The molecule has 6 rings (SSSR count). The number of fused-ring (bicyclic) bond motifs is 4. The lowest BCUT2D eigenvalue weighted by atomic mass is 9.71. The fraction of sp³-hybridized carbons (Fsp3) is 0.481. The fourth-order valence-electron chi connectivity index (χ4n) is 6.81. The number of aromatic amines is 2. The van der Waals surface area contributed by atoms with Gasteiger partial charge in [0.25, 0.3) is 0 Å². The van der Waals surface area contributed by atoms with Gasteiger partial charge in [-0.3, -0.25) is 0 Å². The molecule has 2 saturated carbocycles. The third-order valence-corrected chi connectivity index (χ3v) is 8.99. The highest BCUT2D eigenvalue weighted by Crippen LogP contribution is 2.67. The van der Waals surface area contributed by atoms with Gasteiger partial charge in [0.1, 0.15) is 11.3 Å². The smallest absolute Gasteiger partial charge is 0.158 e. The van der Waals surface area contributed by atoms with Crippen molar-refractivity contribution < 1.29 is 0 Å². The topological polar surface area (TPSA) is 69.4 Å². The third kappa shape index (κ3) is 2.94. The summed E-state index contributed by atoms with van der Waals surface area (Å²) in [5.41, 5.74) is 7.45. The van der Waals surface area contributed by atoms with Crippen molar-refractivity contribution in [2.75, 3.05) is 6.54 Å². The molecule has 0 amide bonds. The predicted octanol–water partition coefficient (Wildman–Crippen LogP) is 5.97. The number of H-pyrrole nitrogens is 2. The van der Waals surface area contributed by atoms with Crippen LogP contribution in [0.25, 0.3) is 33.3 Å². The summed E-state index contributed by atoms with van der Waals surface area (Å²) in [5.74, 6) is 2.58. The van der Waals surface area contributed by atoms with E-state index in [-0.39, 0.29) is 0 Å². The standard InChI is InChI=1S/C27H33N5/c1-16-30-24-20(8-10-29-25(24)31-16)23-12-18-11-17(5-6-22(18)32-23)14-28-15-19-13-27(4)9-7-21(19)26(27,2)3/h5-6,8,10-12,19,21,28,32H,7,9,13-15H2,1-4H3,(H,29,30,31). The molecule has 32 heavy (non-hydrogen) atoms. The molecule has 0 radical (unpaired) electrons. The number of rotatable bonds is 5. The summed E-state index contributed by atoms with van der Waals surface area (Å²) in [6.07, 6.45) is 6.04. The molecule has 1 aromatic carbocycles. The van der Waals surface area contributed by atoms with E-state index in [4.69, 9.17) is 0 Å². The highest BCUT2D eigenvalue weighted by atomic mass is 15.0. The fourth-order valence-corrected chi connectivity index (χ4v) is 6.81. The van der Waals surface area contributed by atoms with Gasteiger partial charge < -0.3 is 15.3 Å². The summed E-state index contributed by atoms with van der Waals surface area (Å²) in [6, 6.07) is 11.0. The zero-order valence-corrected chi connectivity index (χ0v) is 19.5. The molecule has 3 unspecified atom stereocenters. The van der Waals surface area contributed by atoms with E-state index >= 15 is 0 Å². The lowest BCUT2D eigenvalue weighted by Gasteiger charge is -2.34. The number of nitrogens with one attached hydrogen (secondary N) is 3. The molecule has 0 aliphatic heterocycles. The lowest BCUT2D eigenvalue weighted by molar-refractivity contribution is 0.152. The average Bonchev–Trinajstić information content (AvgIpc) is 3.44. The van der Waals surface area contributed by atoms with Crippen molar-refractivity contribution >= 4 is 22.1 Å². The number of hydrogen-bond acceptors (Lipinski definition) is 3. The molecule has 2 bridgehead atoms. The summed E-state index contributed by atoms with van der Waals surface area (Å²) < 4.78 is 0. The van der Waals surface area contributed by atoms with E-state index < -0.39 is 0 Å². The first-order valence-electron chi connectivity index (χ1n) is 12.0. The van der Waals surface area contributed by atoms with Crippen molar-refractivity contribution in [1.82, 2.24) is 25.3 Å². The van der Waals surface area contributed by atoms with Crippen molar-refractivity contribution in [3.05, 3.63) is 47.9 Å². The molecule has 3 N–H and O–H groups in total. The highest BCUT2D eigenvalue weighted by Gasteiger charge is 2.59. The van der Waals surface area contributed by atoms with Crippen LogP contribution in [0.4, 0.5) is 0 Å². The summed E-state index contributed by atoms with van der Waals surface area (Å²) in [7, 11) is 0. The van der Waals surface area contributed by atoms with E-state index in [1.165, 1.54) is 30.2 Å². The Balaban J connectivity index is 1.18. The van der Waals surface area contributed by atoms with Crippen LogP contribution in [0, 0.1) is 29.6 Å². The molecule has 0 saturated heterocycles. The maximum Gasteiger partial charge on any atom is 0.158 e. The Bertz CT molecular complexity index is 1310. The minimum absolute atomic E-state index is 0.491. The second-order valence-corrected chi connectivity index (χ2v) is 11.0. The van der Waals surface area contributed by atoms with E-state index in [0.717, 1.165) is 58.7 Å². The van der Waals surface area contributed by atoms with Crippen LogP contribution in [0.5, 0.6) is 0 Å². The SMILES string of the molecule is Cc1nc2c(-c3cc4cc(CNCC5CC6(C)CCC5C6(C)C)ccc4[nH]3)ccnc2[nH]1. The van der Waals surface area contributed by atoms with Gasteiger partial charge in [0, 0.05) is 34.9 Å². The monoisotopic (exact) mass is 427 g/mol.